The summed E-state index contributed by atoms with van der Waals surface area (Å²) in [5.41, 5.74) is 6.25. The lowest BCUT2D eigenvalue weighted by atomic mass is 10.2. The van der Waals surface area contributed by atoms with E-state index in [0.717, 1.165) is 0 Å². The molecule has 0 radical (unpaired) electrons. The molecule has 1 heterocycles. The van der Waals surface area contributed by atoms with Gasteiger partial charge in [0.2, 0.25) is 0 Å². The fourth-order valence-electron chi connectivity index (χ4n) is 1.48. The normalized spacial score (nSPS) is 10.2. The van der Waals surface area contributed by atoms with Crippen molar-refractivity contribution in [2.45, 2.75) is 6.61 Å². The second-order valence-electron chi connectivity index (χ2n) is 3.71. The first-order valence-electron chi connectivity index (χ1n) is 5.34. The van der Waals surface area contributed by atoms with Crippen LogP contribution in [-0.4, -0.2) is 9.91 Å². The van der Waals surface area contributed by atoms with Crippen molar-refractivity contribution >= 4 is 27.4 Å². The van der Waals surface area contributed by atoms with Crippen molar-refractivity contribution in [1.82, 2.24) is 4.98 Å². The lowest BCUT2D eigenvalue weighted by Crippen LogP contribution is -2.03. The molecule has 0 saturated carbocycles. The third-order valence-corrected chi connectivity index (χ3v) is 2.92. The zero-order valence-corrected chi connectivity index (χ0v) is 11.3. The van der Waals surface area contributed by atoms with E-state index in [1.165, 1.54) is 12.1 Å². The Morgan fingerprint density at radius 2 is 2.21 bits per heavy atom. The van der Waals surface area contributed by atoms with E-state index in [4.69, 9.17) is 10.5 Å². The molecule has 2 N–H and O–H groups in total. The molecule has 0 atom stereocenters. The summed E-state index contributed by atoms with van der Waals surface area (Å²) in [6.07, 6.45) is 1.57. The average molecular weight is 324 g/mol. The predicted octanol–water partition coefficient (Wildman–Crippen LogP) is 2.91. The molecule has 0 aliphatic carbocycles. The largest absolute Gasteiger partial charge is 0.482 e. The van der Waals surface area contributed by atoms with Crippen molar-refractivity contribution in [3.63, 3.8) is 0 Å². The van der Waals surface area contributed by atoms with Gasteiger partial charge in [0.15, 0.2) is 5.75 Å². The number of pyridine rings is 1. The van der Waals surface area contributed by atoms with Crippen molar-refractivity contribution in [2.75, 3.05) is 5.73 Å². The van der Waals surface area contributed by atoms with Gasteiger partial charge in [0.05, 0.1) is 4.92 Å². The van der Waals surface area contributed by atoms with Gasteiger partial charge >= 0.3 is 5.69 Å². The third-order valence-electron chi connectivity index (χ3n) is 2.43. The summed E-state index contributed by atoms with van der Waals surface area (Å²) >= 11 is 3.18. The number of rotatable bonds is 4. The van der Waals surface area contributed by atoms with Crippen molar-refractivity contribution < 1.29 is 9.66 Å². The maximum absolute atomic E-state index is 10.9. The molecule has 2 rings (SSSR count). The second-order valence-corrected chi connectivity index (χ2v) is 4.62. The zero-order chi connectivity index (χ0) is 13.8. The van der Waals surface area contributed by atoms with E-state index in [9.17, 15) is 10.1 Å². The minimum atomic E-state index is -0.493. The minimum absolute atomic E-state index is 0.100. The first-order valence-corrected chi connectivity index (χ1v) is 6.13. The smallest absolute Gasteiger partial charge is 0.312 e. The Labute approximate surface area is 117 Å². The highest BCUT2D eigenvalue weighted by Crippen LogP contribution is 2.30. The number of aromatic nitrogens is 1. The van der Waals surface area contributed by atoms with Crippen LogP contribution in [0.5, 0.6) is 5.75 Å². The third kappa shape index (κ3) is 3.19. The van der Waals surface area contributed by atoms with Gasteiger partial charge in [0.25, 0.3) is 0 Å². The van der Waals surface area contributed by atoms with Crippen LogP contribution in [0.25, 0.3) is 0 Å². The molecule has 0 fully saturated rings. The van der Waals surface area contributed by atoms with Gasteiger partial charge in [-0.25, -0.2) is 4.98 Å². The molecule has 1 aromatic heterocycles. The van der Waals surface area contributed by atoms with Gasteiger partial charge in [-0.15, -0.1) is 0 Å². The number of hydrogen-bond acceptors (Lipinski definition) is 5. The highest BCUT2D eigenvalue weighted by Gasteiger charge is 2.15. The van der Waals surface area contributed by atoms with E-state index in [-0.39, 0.29) is 18.0 Å². The Bertz CT molecular complexity index is 619. The van der Waals surface area contributed by atoms with Crippen LogP contribution in [0, 0.1) is 10.1 Å². The highest BCUT2D eigenvalue weighted by molar-refractivity contribution is 9.10. The Morgan fingerprint density at radius 3 is 2.89 bits per heavy atom. The maximum atomic E-state index is 10.9. The van der Waals surface area contributed by atoms with Gasteiger partial charge in [-0.2, -0.15) is 0 Å². The van der Waals surface area contributed by atoms with Gasteiger partial charge in [-0.3, -0.25) is 10.1 Å². The SMILES string of the molecule is Nc1ncccc1COc1ccc(Br)cc1[N+](=O)[O-]. The van der Waals surface area contributed by atoms with E-state index < -0.39 is 4.92 Å². The van der Waals surface area contributed by atoms with E-state index in [1.807, 2.05) is 0 Å². The summed E-state index contributed by atoms with van der Waals surface area (Å²) in [5.74, 6) is 0.540. The quantitative estimate of drug-likeness (QED) is 0.690. The fourth-order valence-corrected chi connectivity index (χ4v) is 1.83. The highest BCUT2D eigenvalue weighted by atomic mass is 79.9. The number of nitrogens with two attached hydrogens (primary N) is 1. The number of benzene rings is 1. The van der Waals surface area contributed by atoms with Crippen LogP contribution in [0.2, 0.25) is 0 Å². The molecule has 0 unspecified atom stereocenters. The Morgan fingerprint density at radius 1 is 1.42 bits per heavy atom. The summed E-state index contributed by atoms with van der Waals surface area (Å²) in [6, 6.07) is 8.09. The molecular weight excluding hydrogens is 314 g/mol. The number of hydrogen-bond donors (Lipinski definition) is 1. The van der Waals surface area contributed by atoms with Crippen LogP contribution in [0.3, 0.4) is 0 Å². The number of nitrogens with zero attached hydrogens (tertiary/aromatic N) is 2. The Balaban J connectivity index is 2.20. The Kier molecular flexibility index (Phi) is 3.96. The van der Waals surface area contributed by atoms with Crippen LogP contribution in [0.15, 0.2) is 41.0 Å². The molecule has 0 saturated heterocycles. The van der Waals surface area contributed by atoms with Crippen molar-refractivity contribution in [1.29, 1.82) is 0 Å². The van der Waals surface area contributed by atoms with Gasteiger partial charge in [0.1, 0.15) is 12.4 Å². The molecule has 0 spiro atoms. The summed E-state index contributed by atoms with van der Waals surface area (Å²) in [7, 11) is 0. The molecule has 0 amide bonds. The number of anilines is 1. The van der Waals surface area contributed by atoms with Crippen molar-refractivity contribution in [3.8, 4) is 5.75 Å². The van der Waals surface area contributed by atoms with E-state index >= 15 is 0 Å². The summed E-state index contributed by atoms with van der Waals surface area (Å²) in [4.78, 5) is 14.3. The molecule has 0 aliphatic rings. The number of ether oxygens (including phenoxy) is 1. The lowest BCUT2D eigenvalue weighted by Gasteiger charge is -2.08. The van der Waals surface area contributed by atoms with E-state index in [1.54, 1.807) is 24.4 Å². The van der Waals surface area contributed by atoms with Crippen LogP contribution in [-0.2, 0) is 6.61 Å². The average Bonchev–Trinajstić information content (AvgIpc) is 2.38. The molecule has 1 aromatic carbocycles. The number of nitro benzene ring substituents is 1. The standard InChI is InChI=1S/C12H10BrN3O3/c13-9-3-4-11(10(6-9)16(17)18)19-7-8-2-1-5-15-12(8)14/h1-6H,7H2,(H2,14,15). The number of halogens is 1. The molecule has 2 aromatic rings. The summed E-state index contributed by atoms with van der Waals surface area (Å²) in [5, 5.41) is 10.9. The molecule has 0 aliphatic heterocycles. The summed E-state index contributed by atoms with van der Waals surface area (Å²) < 4.78 is 6.06. The lowest BCUT2D eigenvalue weighted by molar-refractivity contribution is -0.386. The minimum Gasteiger partial charge on any atom is -0.482 e. The number of nitro groups is 1. The van der Waals surface area contributed by atoms with Crippen LogP contribution in [0.1, 0.15) is 5.56 Å². The predicted molar refractivity (Wildman–Crippen MR) is 73.8 cm³/mol. The molecular formula is C12H10BrN3O3. The fraction of sp³-hybridized carbons (Fsp3) is 0.0833. The first kappa shape index (κ1) is 13.3. The zero-order valence-electron chi connectivity index (χ0n) is 9.75. The van der Waals surface area contributed by atoms with Crippen LogP contribution >= 0.6 is 15.9 Å². The van der Waals surface area contributed by atoms with Gasteiger partial charge < -0.3 is 10.5 Å². The van der Waals surface area contributed by atoms with Gasteiger partial charge in [-0.05, 0) is 18.2 Å². The van der Waals surface area contributed by atoms with Crippen LogP contribution < -0.4 is 10.5 Å². The molecule has 7 heteroatoms. The van der Waals surface area contributed by atoms with E-state index in [2.05, 4.69) is 20.9 Å². The molecule has 6 nitrogen and oxygen atoms in total. The summed E-state index contributed by atoms with van der Waals surface area (Å²) in [6.45, 7) is 0.127. The Hall–Kier alpha value is -2.15. The molecule has 19 heavy (non-hydrogen) atoms. The van der Waals surface area contributed by atoms with E-state index in [0.29, 0.717) is 15.9 Å². The maximum Gasteiger partial charge on any atom is 0.312 e. The van der Waals surface area contributed by atoms with Gasteiger partial charge in [0, 0.05) is 22.3 Å². The van der Waals surface area contributed by atoms with Crippen molar-refractivity contribution in [2.24, 2.45) is 0 Å². The van der Waals surface area contributed by atoms with Gasteiger partial charge in [-0.1, -0.05) is 22.0 Å². The first-order chi connectivity index (χ1) is 9.08. The number of nitrogen functional groups attached to an aromatic ring is 1. The molecule has 0 bridgehead atoms. The van der Waals surface area contributed by atoms with Crippen molar-refractivity contribution in [3.05, 3.63) is 56.7 Å². The monoisotopic (exact) mass is 323 g/mol. The molecule has 98 valence electrons. The second kappa shape index (κ2) is 5.66. The van der Waals surface area contributed by atoms with Crippen LogP contribution in [0.4, 0.5) is 11.5 Å². The topological polar surface area (TPSA) is 91.3 Å².